The van der Waals surface area contributed by atoms with Crippen molar-refractivity contribution in [2.75, 3.05) is 0 Å². The van der Waals surface area contributed by atoms with E-state index in [-0.39, 0.29) is 18.0 Å². The minimum absolute atomic E-state index is 0.200. The van der Waals surface area contributed by atoms with E-state index in [1.165, 1.54) is 24.3 Å². The van der Waals surface area contributed by atoms with E-state index in [9.17, 15) is 14.0 Å². The van der Waals surface area contributed by atoms with E-state index < -0.39 is 5.82 Å². The number of Topliss-reactive ketones (excluding diaryl/α,β-unsaturated/α-hetero) is 2. The molecular formula is C16H13FO2. The lowest BCUT2D eigenvalue weighted by atomic mass is 10.0. The van der Waals surface area contributed by atoms with Crippen LogP contribution >= 0.6 is 0 Å². The summed E-state index contributed by atoms with van der Waals surface area (Å²) in [6, 6.07) is 12.3. The van der Waals surface area contributed by atoms with Gasteiger partial charge in [0.05, 0.1) is 6.42 Å². The Labute approximate surface area is 110 Å². The molecule has 0 saturated carbocycles. The standard InChI is InChI=1S/C16H13FO2/c1-11-2-4-12(5-3-11)15(18)10-16(19)13-6-8-14(17)9-7-13/h2-9H,10H2,1H3. The van der Waals surface area contributed by atoms with E-state index in [0.717, 1.165) is 5.56 Å². The Morgan fingerprint density at radius 1 is 0.842 bits per heavy atom. The van der Waals surface area contributed by atoms with E-state index in [4.69, 9.17) is 0 Å². The molecule has 0 fully saturated rings. The molecule has 0 saturated heterocycles. The van der Waals surface area contributed by atoms with Gasteiger partial charge in [0.15, 0.2) is 11.6 Å². The van der Waals surface area contributed by atoms with Gasteiger partial charge < -0.3 is 0 Å². The molecule has 0 atom stereocenters. The number of ketones is 2. The maximum absolute atomic E-state index is 12.7. The van der Waals surface area contributed by atoms with Crippen molar-refractivity contribution in [3.8, 4) is 0 Å². The summed E-state index contributed by atoms with van der Waals surface area (Å²) in [5.74, 6) is -0.929. The highest BCUT2D eigenvalue weighted by Gasteiger charge is 2.13. The van der Waals surface area contributed by atoms with Crippen LogP contribution in [0, 0.1) is 12.7 Å². The van der Waals surface area contributed by atoms with Gasteiger partial charge in [0.2, 0.25) is 0 Å². The van der Waals surface area contributed by atoms with Gasteiger partial charge in [-0.05, 0) is 31.2 Å². The predicted octanol–water partition coefficient (Wildman–Crippen LogP) is 3.59. The Morgan fingerprint density at radius 3 is 1.74 bits per heavy atom. The smallest absolute Gasteiger partial charge is 0.170 e. The summed E-state index contributed by atoms with van der Waals surface area (Å²) < 4.78 is 12.7. The van der Waals surface area contributed by atoms with E-state index in [1.807, 2.05) is 19.1 Å². The molecule has 2 aromatic rings. The van der Waals surface area contributed by atoms with Gasteiger partial charge in [0, 0.05) is 11.1 Å². The fraction of sp³-hybridized carbons (Fsp3) is 0.125. The van der Waals surface area contributed by atoms with Crippen molar-refractivity contribution < 1.29 is 14.0 Å². The second-order valence-corrected chi connectivity index (χ2v) is 4.40. The van der Waals surface area contributed by atoms with Gasteiger partial charge in [0.1, 0.15) is 5.82 Å². The molecule has 0 spiro atoms. The minimum Gasteiger partial charge on any atom is -0.294 e. The van der Waals surface area contributed by atoms with Gasteiger partial charge in [-0.25, -0.2) is 4.39 Å². The van der Waals surface area contributed by atoms with Crippen molar-refractivity contribution in [2.45, 2.75) is 13.3 Å². The van der Waals surface area contributed by atoms with Gasteiger partial charge in [-0.3, -0.25) is 9.59 Å². The zero-order valence-corrected chi connectivity index (χ0v) is 10.5. The van der Waals surface area contributed by atoms with Crippen molar-refractivity contribution in [1.82, 2.24) is 0 Å². The predicted molar refractivity (Wildman–Crippen MR) is 70.9 cm³/mol. The molecule has 2 nitrogen and oxygen atoms in total. The van der Waals surface area contributed by atoms with Crippen LogP contribution in [0.15, 0.2) is 48.5 Å². The van der Waals surface area contributed by atoms with E-state index in [0.29, 0.717) is 11.1 Å². The Hall–Kier alpha value is -2.29. The molecule has 0 aromatic heterocycles. The fourth-order valence-corrected chi connectivity index (χ4v) is 1.73. The fourth-order valence-electron chi connectivity index (χ4n) is 1.73. The molecule has 0 bridgehead atoms. The molecule has 0 aliphatic heterocycles. The number of hydrogen-bond donors (Lipinski definition) is 0. The summed E-state index contributed by atoms with van der Waals surface area (Å²) in [6.07, 6.45) is -0.200. The first-order valence-electron chi connectivity index (χ1n) is 5.95. The first kappa shape index (κ1) is 13.1. The molecule has 0 heterocycles. The third kappa shape index (κ3) is 3.35. The lowest BCUT2D eigenvalue weighted by Gasteiger charge is -2.02. The van der Waals surface area contributed by atoms with Crippen molar-refractivity contribution in [1.29, 1.82) is 0 Å². The first-order valence-corrected chi connectivity index (χ1v) is 5.95. The number of carbonyl (C=O) groups is 2. The third-order valence-electron chi connectivity index (χ3n) is 2.86. The van der Waals surface area contributed by atoms with E-state index in [2.05, 4.69) is 0 Å². The molecule has 96 valence electrons. The van der Waals surface area contributed by atoms with Crippen molar-refractivity contribution >= 4 is 11.6 Å². The third-order valence-corrected chi connectivity index (χ3v) is 2.86. The van der Waals surface area contributed by atoms with E-state index in [1.54, 1.807) is 12.1 Å². The molecule has 19 heavy (non-hydrogen) atoms. The molecule has 0 radical (unpaired) electrons. The highest BCUT2D eigenvalue weighted by atomic mass is 19.1. The van der Waals surface area contributed by atoms with Crippen molar-refractivity contribution in [3.05, 3.63) is 71.0 Å². The number of halogens is 1. The highest BCUT2D eigenvalue weighted by molar-refractivity contribution is 6.13. The summed E-state index contributed by atoms with van der Waals surface area (Å²) in [7, 11) is 0. The van der Waals surface area contributed by atoms with Crippen LogP contribution in [-0.2, 0) is 0 Å². The quantitative estimate of drug-likeness (QED) is 0.618. The molecule has 0 aliphatic rings. The van der Waals surface area contributed by atoms with Crippen molar-refractivity contribution in [2.24, 2.45) is 0 Å². The zero-order chi connectivity index (χ0) is 13.8. The number of carbonyl (C=O) groups excluding carboxylic acids is 2. The Morgan fingerprint density at radius 2 is 1.26 bits per heavy atom. The summed E-state index contributed by atoms with van der Waals surface area (Å²) in [6.45, 7) is 1.93. The van der Waals surface area contributed by atoms with Crippen LogP contribution in [0.4, 0.5) is 4.39 Å². The number of aryl methyl sites for hydroxylation is 1. The Kier molecular flexibility index (Phi) is 3.85. The van der Waals surface area contributed by atoms with Crippen LogP contribution < -0.4 is 0 Å². The van der Waals surface area contributed by atoms with Crippen LogP contribution in [0.2, 0.25) is 0 Å². The van der Waals surface area contributed by atoms with Gasteiger partial charge in [-0.1, -0.05) is 29.8 Å². The molecular weight excluding hydrogens is 243 g/mol. The summed E-state index contributed by atoms with van der Waals surface area (Å²) in [5, 5.41) is 0. The average molecular weight is 256 g/mol. The molecule has 0 amide bonds. The topological polar surface area (TPSA) is 34.1 Å². The molecule has 0 N–H and O–H groups in total. The minimum atomic E-state index is -0.401. The second-order valence-electron chi connectivity index (χ2n) is 4.40. The zero-order valence-electron chi connectivity index (χ0n) is 10.5. The molecule has 3 heteroatoms. The van der Waals surface area contributed by atoms with E-state index >= 15 is 0 Å². The SMILES string of the molecule is Cc1ccc(C(=O)CC(=O)c2ccc(F)cc2)cc1. The van der Waals surface area contributed by atoms with Crippen LogP contribution in [0.3, 0.4) is 0 Å². The largest absolute Gasteiger partial charge is 0.294 e. The normalized spacial score (nSPS) is 10.2. The monoisotopic (exact) mass is 256 g/mol. The summed E-state index contributed by atoms with van der Waals surface area (Å²) in [5.41, 5.74) is 1.92. The van der Waals surface area contributed by atoms with Gasteiger partial charge in [-0.15, -0.1) is 0 Å². The number of benzene rings is 2. The van der Waals surface area contributed by atoms with Crippen LogP contribution in [-0.4, -0.2) is 11.6 Å². The maximum Gasteiger partial charge on any atom is 0.170 e. The van der Waals surface area contributed by atoms with Crippen LogP contribution in [0.5, 0.6) is 0 Å². The molecule has 0 aliphatic carbocycles. The van der Waals surface area contributed by atoms with Gasteiger partial charge in [0.25, 0.3) is 0 Å². The van der Waals surface area contributed by atoms with Crippen molar-refractivity contribution in [3.63, 3.8) is 0 Å². The lowest BCUT2D eigenvalue weighted by Crippen LogP contribution is -2.08. The molecule has 2 aromatic carbocycles. The van der Waals surface area contributed by atoms with Crippen LogP contribution in [0.1, 0.15) is 32.7 Å². The Balaban J connectivity index is 2.08. The van der Waals surface area contributed by atoms with Gasteiger partial charge in [-0.2, -0.15) is 0 Å². The summed E-state index contributed by atoms with van der Waals surface area (Å²) >= 11 is 0. The number of rotatable bonds is 4. The average Bonchev–Trinajstić information content (AvgIpc) is 2.40. The molecule has 2 rings (SSSR count). The Bertz CT molecular complexity index is 542. The second kappa shape index (κ2) is 5.57. The first-order chi connectivity index (χ1) is 9.06. The number of hydrogen-bond acceptors (Lipinski definition) is 2. The maximum atomic E-state index is 12.7. The van der Waals surface area contributed by atoms with Gasteiger partial charge >= 0.3 is 0 Å². The lowest BCUT2D eigenvalue weighted by molar-refractivity contribution is 0.0894. The summed E-state index contributed by atoms with van der Waals surface area (Å²) in [4.78, 5) is 23.8. The van der Waals surface area contributed by atoms with Crippen LogP contribution in [0.25, 0.3) is 0 Å². The highest BCUT2D eigenvalue weighted by Crippen LogP contribution is 2.10. The molecule has 0 unspecified atom stereocenters.